The molecule has 2 saturated heterocycles. The normalized spacial score (nSPS) is 17.7. The van der Waals surface area contributed by atoms with Gasteiger partial charge in [-0.25, -0.2) is 9.79 Å². The molecule has 0 aromatic heterocycles. The van der Waals surface area contributed by atoms with Crippen LogP contribution < -0.4 is 15.5 Å². The summed E-state index contributed by atoms with van der Waals surface area (Å²) in [5.41, 5.74) is 1.34. The van der Waals surface area contributed by atoms with Crippen LogP contribution in [0.3, 0.4) is 0 Å². The van der Waals surface area contributed by atoms with E-state index in [9.17, 15) is 27.6 Å². The SMILES string of the molecule is C=C(/N=C1\C(=C/C)CN(c2cc(NC(=O)c3cccc(C(F)(F)F)c3)ccc2C)C(=O)N1C)NCCCN1CCCC1=O. The van der Waals surface area contributed by atoms with Gasteiger partial charge in [0.1, 0.15) is 11.7 Å². The maximum atomic E-state index is 13.5. The third-order valence-electron chi connectivity index (χ3n) is 7.36. The van der Waals surface area contributed by atoms with Crippen LogP contribution in [0.1, 0.15) is 47.7 Å². The first-order valence-electron chi connectivity index (χ1n) is 14.0. The fourth-order valence-corrected chi connectivity index (χ4v) is 4.98. The summed E-state index contributed by atoms with van der Waals surface area (Å²) in [7, 11) is 1.61. The van der Waals surface area contributed by atoms with E-state index in [1.165, 1.54) is 17.0 Å². The summed E-state index contributed by atoms with van der Waals surface area (Å²) in [5, 5.41) is 5.79. The number of urea groups is 1. The predicted octanol–water partition coefficient (Wildman–Crippen LogP) is 5.56. The van der Waals surface area contributed by atoms with E-state index in [0.29, 0.717) is 42.5 Å². The lowest BCUT2D eigenvalue weighted by atomic mass is 10.1. The van der Waals surface area contributed by atoms with Crippen molar-refractivity contribution in [2.24, 2.45) is 4.99 Å². The van der Waals surface area contributed by atoms with E-state index in [1.54, 1.807) is 30.1 Å². The maximum absolute atomic E-state index is 13.5. The molecule has 12 heteroatoms. The fraction of sp³-hybridized carbons (Fsp3) is 0.355. The van der Waals surface area contributed by atoms with Gasteiger partial charge in [0, 0.05) is 49.9 Å². The van der Waals surface area contributed by atoms with Gasteiger partial charge in [0.2, 0.25) is 5.91 Å². The molecule has 0 radical (unpaired) electrons. The quantitative estimate of drug-likeness (QED) is 0.371. The van der Waals surface area contributed by atoms with Crippen LogP contribution in [0.2, 0.25) is 0 Å². The molecule has 4 amide bonds. The largest absolute Gasteiger partial charge is 0.416 e. The number of nitrogens with one attached hydrogen (secondary N) is 2. The summed E-state index contributed by atoms with van der Waals surface area (Å²) in [6.45, 7) is 9.88. The maximum Gasteiger partial charge on any atom is 0.416 e. The molecule has 4 rings (SSSR count). The van der Waals surface area contributed by atoms with Crippen molar-refractivity contribution in [3.8, 4) is 0 Å². The molecule has 0 aliphatic carbocycles. The lowest BCUT2D eigenvalue weighted by Gasteiger charge is -2.36. The van der Waals surface area contributed by atoms with Crippen LogP contribution in [0.4, 0.5) is 29.3 Å². The molecule has 0 spiro atoms. The third-order valence-corrected chi connectivity index (χ3v) is 7.36. The number of rotatable bonds is 9. The lowest BCUT2D eigenvalue weighted by Crippen LogP contribution is -2.52. The minimum atomic E-state index is -4.57. The Morgan fingerprint density at radius 3 is 2.60 bits per heavy atom. The lowest BCUT2D eigenvalue weighted by molar-refractivity contribution is -0.137. The van der Waals surface area contributed by atoms with Crippen LogP contribution >= 0.6 is 0 Å². The number of nitrogens with zero attached hydrogens (tertiary/aromatic N) is 4. The Morgan fingerprint density at radius 2 is 1.93 bits per heavy atom. The monoisotopic (exact) mass is 596 g/mol. The van der Waals surface area contributed by atoms with Crippen LogP contribution in [0.5, 0.6) is 0 Å². The van der Waals surface area contributed by atoms with Crippen molar-refractivity contribution in [1.82, 2.24) is 15.1 Å². The Morgan fingerprint density at radius 1 is 1.16 bits per heavy atom. The van der Waals surface area contributed by atoms with Gasteiger partial charge >= 0.3 is 12.2 Å². The molecule has 2 aromatic rings. The second kappa shape index (κ2) is 13.1. The number of anilines is 2. The molecule has 228 valence electrons. The smallest absolute Gasteiger partial charge is 0.370 e. The van der Waals surface area contributed by atoms with E-state index in [-0.39, 0.29) is 24.0 Å². The van der Waals surface area contributed by atoms with Crippen LogP contribution in [-0.4, -0.2) is 66.7 Å². The number of aliphatic imine (C=N–C) groups is 1. The molecule has 0 bridgehead atoms. The number of hydrogen-bond acceptors (Lipinski definition) is 5. The molecule has 2 fully saturated rings. The minimum absolute atomic E-state index is 0.138. The molecule has 2 heterocycles. The van der Waals surface area contributed by atoms with Crippen molar-refractivity contribution in [2.45, 2.75) is 39.3 Å². The highest BCUT2D eigenvalue weighted by atomic mass is 19.4. The molecule has 0 unspecified atom stereocenters. The van der Waals surface area contributed by atoms with E-state index < -0.39 is 17.6 Å². The number of amidine groups is 1. The van der Waals surface area contributed by atoms with Gasteiger partial charge in [-0.05, 0) is 62.6 Å². The standard InChI is InChI=1S/C31H35F3N6O3/c1-5-22-19-40(30(43)38(4)28(22)36-21(3)35-14-8-16-39-15-7-11-27(39)41)26-18-25(13-12-20(26)2)37-29(42)23-9-6-10-24(17-23)31(32,33)34/h5-6,9-10,12-13,17-18,35H,3,7-8,11,14-16,19H2,1-2,4H3,(H,37,42)/b22-5-,36-28+. The van der Waals surface area contributed by atoms with Crippen LogP contribution in [-0.2, 0) is 11.0 Å². The van der Waals surface area contributed by atoms with Crippen molar-refractivity contribution in [3.63, 3.8) is 0 Å². The van der Waals surface area contributed by atoms with Gasteiger partial charge in [0.25, 0.3) is 5.91 Å². The van der Waals surface area contributed by atoms with Gasteiger partial charge in [-0.2, -0.15) is 13.2 Å². The Balaban J connectivity index is 1.45. The van der Waals surface area contributed by atoms with E-state index >= 15 is 0 Å². The molecule has 43 heavy (non-hydrogen) atoms. The Bertz CT molecular complexity index is 1480. The van der Waals surface area contributed by atoms with Gasteiger partial charge in [-0.15, -0.1) is 0 Å². The third kappa shape index (κ3) is 7.43. The van der Waals surface area contributed by atoms with Gasteiger partial charge in [0.05, 0.1) is 17.8 Å². The summed E-state index contributed by atoms with van der Waals surface area (Å²) in [5.74, 6) is 0.320. The van der Waals surface area contributed by atoms with E-state index in [2.05, 4.69) is 22.2 Å². The molecule has 0 atom stereocenters. The zero-order valence-electron chi connectivity index (χ0n) is 24.4. The van der Waals surface area contributed by atoms with Crippen molar-refractivity contribution >= 4 is 35.1 Å². The fourth-order valence-electron chi connectivity index (χ4n) is 4.98. The molecule has 2 aromatic carbocycles. The highest BCUT2D eigenvalue weighted by molar-refractivity contribution is 6.16. The highest BCUT2D eigenvalue weighted by Crippen LogP contribution is 2.31. The first-order chi connectivity index (χ1) is 20.4. The van der Waals surface area contributed by atoms with Crippen LogP contribution in [0.15, 0.2) is 71.5 Å². The van der Waals surface area contributed by atoms with E-state index in [4.69, 9.17) is 0 Å². The minimum Gasteiger partial charge on any atom is -0.370 e. The second-order valence-electron chi connectivity index (χ2n) is 10.4. The summed E-state index contributed by atoms with van der Waals surface area (Å²) in [6.07, 6.45) is -0.466. The number of carbonyl (C=O) groups excluding carboxylic acids is 3. The first kappa shape index (κ1) is 31.3. The summed E-state index contributed by atoms with van der Waals surface area (Å²) in [6, 6.07) is 8.80. The number of hydrogen-bond donors (Lipinski definition) is 2. The second-order valence-corrected chi connectivity index (χ2v) is 10.4. The molecule has 0 saturated carbocycles. The number of likely N-dealkylation sites (N-methyl/N-ethyl adjacent to an activating group) is 1. The van der Waals surface area contributed by atoms with Crippen molar-refractivity contribution in [1.29, 1.82) is 0 Å². The average Bonchev–Trinajstić information content (AvgIpc) is 3.39. The zero-order valence-corrected chi connectivity index (χ0v) is 24.4. The Kier molecular flexibility index (Phi) is 9.57. The number of allylic oxidation sites excluding steroid dienone is 1. The number of halogens is 3. The van der Waals surface area contributed by atoms with E-state index in [0.717, 1.165) is 42.7 Å². The first-order valence-corrected chi connectivity index (χ1v) is 14.0. The molecule has 9 nitrogen and oxygen atoms in total. The summed E-state index contributed by atoms with van der Waals surface area (Å²) < 4.78 is 39.3. The average molecular weight is 597 g/mol. The topological polar surface area (TPSA) is 97.3 Å². The number of alkyl halides is 3. The highest BCUT2D eigenvalue weighted by Gasteiger charge is 2.33. The van der Waals surface area contributed by atoms with Gasteiger partial charge in [0.15, 0.2) is 0 Å². The van der Waals surface area contributed by atoms with Crippen LogP contribution in [0, 0.1) is 6.92 Å². The molecule has 2 N–H and O–H groups in total. The zero-order chi connectivity index (χ0) is 31.3. The molecular formula is C31H35F3N6O3. The van der Waals surface area contributed by atoms with Crippen molar-refractivity contribution in [2.75, 3.05) is 43.4 Å². The van der Waals surface area contributed by atoms with Gasteiger partial charge in [-0.3, -0.25) is 19.4 Å². The van der Waals surface area contributed by atoms with E-state index in [1.807, 2.05) is 24.8 Å². The number of amides is 4. The molecule has 2 aliphatic heterocycles. The van der Waals surface area contributed by atoms with Gasteiger partial charge < -0.3 is 15.5 Å². The Hall–Kier alpha value is -4.61. The number of likely N-dealkylation sites (tertiary alicyclic amines) is 1. The van der Waals surface area contributed by atoms with Gasteiger partial charge in [-0.1, -0.05) is 24.8 Å². The molecular weight excluding hydrogens is 561 g/mol. The number of aryl methyl sites for hydroxylation is 1. The van der Waals surface area contributed by atoms with Crippen molar-refractivity contribution in [3.05, 3.63) is 83.2 Å². The number of carbonyl (C=O) groups is 3. The van der Waals surface area contributed by atoms with Crippen molar-refractivity contribution < 1.29 is 27.6 Å². The molecule has 2 aliphatic rings. The summed E-state index contributed by atoms with van der Waals surface area (Å²) in [4.78, 5) is 47.5. The Labute approximate surface area is 248 Å². The predicted molar refractivity (Wildman–Crippen MR) is 160 cm³/mol. The summed E-state index contributed by atoms with van der Waals surface area (Å²) >= 11 is 0. The number of benzene rings is 2. The van der Waals surface area contributed by atoms with Crippen LogP contribution in [0.25, 0.3) is 0 Å².